The van der Waals surface area contributed by atoms with Gasteiger partial charge in [0.05, 0.1) is 21.8 Å². The fourth-order valence-electron chi connectivity index (χ4n) is 1.50. The van der Waals surface area contributed by atoms with Crippen LogP contribution in [0.3, 0.4) is 0 Å². The lowest BCUT2D eigenvalue weighted by Crippen LogP contribution is -2.18. The molecule has 3 nitrogen and oxygen atoms in total. The first kappa shape index (κ1) is 14.5. The Balaban J connectivity index is 2.11. The van der Waals surface area contributed by atoms with Crippen molar-refractivity contribution in [2.24, 2.45) is 5.10 Å². The summed E-state index contributed by atoms with van der Waals surface area (Å²) < 4.78 is 13.5. The van der Waals surface area contributed by atoms with E-state index >= 15 is 0 Å². The van der Waals surface area contributed by atoms with Gasteiger partial charge in [0.2, 0.25) is 0 Å². The maximum absolute atomic E-state index is 13.5. The smallest absolute Gasteiger partial charge is 0.267 e. The van der Waals surface area contributed by atoms with Crippen molar-refractivity contribution < 1.29 is 9.18 Å². The molecule has 6 heteroatoms. The largest absolute Gasteiger partial charge is 0.272 e. The van der Waals surface area contributed by atoms with Gasteiger partial charge in [-0.3, -0.25) is 4.79 Å². The Morgan fingerprint density at radius 1 is 1.10 bits per heavy atom. The number of hydrazone groups is 1. The summed E-state index contributed by atoms with van der Waals surface area (Å²) >= 11 is 11.7. The van der Waals surface area contributed by atoms with E-state index in [1.807, 2.05) is 0 Å². The van der Waals surface area contributed by atoms with E-state index in [0.29, 0.717) is 5.02 Å². The average Bonchev–Trinajstić information content (AvgIpc) is 2.42. The fourth-order valence-corrected chi connectivity index (χ4v) is 1.93. The maximum atomic E-state index is 13.5. The molecule has 0 saturated heterocycles. The third-order valence-corrected chi connectivity index (χ3v) is 3.14. The van der Waals surface area contributed by atoms with Gasteiger partial charge in [-0.15, -0.1) is 0 Å². The van der Waals surface area contributed by atoms with Gasteiger partial charge < -0.3 is 0 Å². The molecule has 2 rings (SSSR count). The minimum absolute atomic E-state index is 0.105. The highest BCUT2D eigenvalue weighted by molar-refractivity contribution is 6.34. The lowest BCUT2D eigenvalue weighted by Gasteiger charge is -2.02. The number of rotatable bonds is 3. The number of hydrogen-bond donors (Lipinski definition) is 1. The van der Waals surface area contributed by atoms with Crippen molar-refractivity contribution in [2.45, 2.75) is 0 Å². The molecule has 0 radical (unpaired) electrons. The van der Waals surface area contributed by atoms with Crippen molar-refractivity contribution in [3.63, 3.8) is 0 Å². The van der Waals surface area contributed by atoms with Crippen molar-refractivity contribution in [2.75, 3.05) is 0 Å². The second kappa shape index (κ2) is 6.50. The molecule has 20 heavy (non-hydrogen) atoms. The van der Waals surface area contributed by atoms with Gasteiger partial charge in [-0.1, -0.05) is 41.4 Å². The molecule has 2 aromatic carbocycles. The minimum atomic E-state index is -0.520. The summed E-state index contributed by atoms with van der Waals surface area (Å²) in [5.41, 5.74) is 2.65. The number of carbonyl (C=O) groups is 1. The predicted molar refractivity (Wildman–Crippen MR) is 77.9 cm³/mol. The van der Waals surface area contributed by atoms with Crippen LogP contribution in [-0.2, 0) is 0 Å². The highest BCUT2D eigenvalue weighted by Crippen LogP contribution is 2.17. The molecule has 0 unspecified atom stereocenters. The topological polar surface area (TPSA) is 41.5 Å². The van der Waals surface area contributed by atoms with E-state index in [1.54, 1.807) is 24.3 Å². The second-order valence-corrected chi connectivity index (χ2v) is 4.63. The summed E-state index contributed by atoms with van der Waals surface area (Å²) in [6, 6.07) is 10.8. The van der Waals surface area contributed by atoms with Crippen LogP contribution in [0.4, 0.5) is 4.39 Å². The van der Waals surface area contributed by atoms with Crippen LogP contribution in [0.5, 0.6) is 0 Å². The number of amides is 1. The molecule has 0 saturated carbocycles. The first-order valence-corrected chi connectivity index (χ1v) is 6.37. The van der Waals surface area contributed by atoms with E-state index in [9.17, 15) is 9.18 Å². The number of hydrogen-bond acceptors (Lipinski definition) is 2. The zero-order chi connectivity index (χ0) is 14.5. The Kier molecular flexibility index (Phi) is 4.71. The van der Waals surface area contributed by atoms with E-state index in [1.165, 1.54) is 18.2 Å². The number of carbonyl (C=O) groups excluding carboxylic acids is 1. The van der Waals surface area contributed by atoms with Crippen LogP contribution < -0.4 is 5.43 Å². The zero-order valence-electron chi connectivity index (χ0n) is 10.1. The van der Waals surface area contributed by atoms with Gasteiger partial charge in [0, 0.05) is 5.56 Å². The van der Waals surface area contributed by atoms with E-state index < -0.39 is 11.7 Å². The molecule has 0 aliphatic carbocycles. The SMILES string of the molecule is O=C(N/N=C/c1c(F)cccc1Cl)c1ccccc1Cl. The van der Waals surface area contributed by atoms with Gasteiger partial charge in [-0.2, -0.15) is 5.10 Å². The first-order chi connectivity index (χ1) is 9.59. The van der Waals surface area contributed by atoms with E-state index in [-0.39, 0.29) is 16.1 Å². The van der Waals surface area contributed by atoms with Crippen molar-refractivity contribution in [3.05, 3.63) is 69.5 Å². The Bertz CT molecular complexity index is 654. The molecule has 1 N–H and O–H groups in total. The van der Waals surface area contributed by atoms with Crippen molar-refractivity contribution in [1.82, 2.24) is 5.43 Å². The lowest BCUT2D eigenvalue weighted by molar-refractivity contribution is 0.0955. The summed E-state index contributed by atoms with van der Waals surface area (Å²) in [5.74, 6) is -1.01. The number of nitrogens with one attached hydrogen (secondary N) is 1. The van der Waals surface area contributed by atoms with Crippen LogP contribution >= 0.6 is 23.2 Å². The highest BCUT2D eigenvalue weighted by Gasteiger charge is 2.08. The molecule has 0 fully saturated rings. The monoisotopic (exact) mass is 310 g/mol. The molecular weight excluding hydrogens is 302 g/mol. The highest BCUT2D eigenvalue weighted by atomic mass is 35.5. The molecule has 102 valence electrons. The van der Waals surface area contributed by atoms with Crippen molar-refractivity contribution >= 4 is 35.3 Å². The molecule has 0 aliphatic heterocycles. The Labute approximate surface area is 125 Å². The standard InChI is InChI=1S/C14H9Cl2FN2O/c15-11-5-2-1-4-9(11)14(20)19-18-8-10-12(16)6-3-7-13(10)17/h1-8H,(H,19,20)/b18-8+. The van der Waals surface area contributed by atoms with E-state index in [0.717, 1.165) is 6.21 Å². The van der Waals surface area contributed by atoms with Gasteiger partial charge >= 0.3 is 0 Å². The van der Waals surface area contributed by atoms with Gasteiger partial charge in [0.25, 0.3) is 5.91 Å². The third kappa shape index (κ3) is 3.35. The van der Waals surface area contributed by atoms with Gasteiger partial charge in [0.15, 0.2) is 0 Å². The molecule has 0 atom stereocenters. The summed E-state index contributed by atoms with van der Waals surface area (Å²) in [7, 11) is 0. The van der Waals surface area contributed by atoms with Crippen molar-refractivity contribution in [3.8, 4) is 0 Å². The molecule has 0 spiro atoms. The Morgan fingerprint density at radius 3 is 2.50 bits per heavy atom. The summed E-state index contributed by atoms with van der Waals surface area (Å²) in [6.07, 6.45) is 1.15. The van der Waals surface area contributed by atoms with E-state index in [4.69, 9.17) is 23.2 Å². The van der Waals surface area contributed by atoms with Crippen LogP contribution in [0.25, 0.3) is 0 Å². The van der Waals surface area contributed by atoms with Gasteiger partial charge in [0.1, 0.15) is 5.82 Å². The van der Waals surface area contributed by atoms with Crippen LogP contribution in [-0.4, -0.2) is 12.1 Å². The normalized spacial score (nSPS) is 10.8. The summed E-state index contributed by atoms with van der Waals surface area (Å²) in [4.78, 5) is 11.8. The molecule has 0 heterocycles. The quantitative estimate of drug-likeness (QED) is 0.678. The van der Waals surface area contributed by atoms with E-state index in [2.05, 4.69) is 10.5 Å². The molecule has 0 aliphatic rings. The fraction of sp³-hybridized carbons (Fsp3) is 0. The molecule has 2 aromatic rings. The van der Waals surface area contributed by atoms with Gasteiger partial charge in [-0.25, -0.2) is 9.82 Å². The lowest BCUT2D eigenvalue weighted by atomic mass is 10.2. The Morgan fingerprint density at radius 2 is 1.80 bits per heavy atom. The average molecular weight is 311 g/mol. The molecule has 0 aromatic heterocycles. The third-order valence-electron chi connectivity index (χ3n) is 2.48. The maximum Gasteiger partial charge on any atom is 0.272 e. The second-order valence-electron chi connectivity index (χ2n) is 3.81. The van der Waals surface area contributed by atoms with Crippen LogP contribution in [0, 0.1) is 5.82 Å². The first-order valence-electron chi connectivity index (χ1n) is 5.61. The van der Waals surface area contributed by atoms with Crippen LogP contribution in [0.15, 0.2) is 47.6 Å². The number of benzene rings is 2. The Hall–Kier alpha value is -1.91. The number of nitrogens with zero attached hydrogens (tertiary/aromatic N) is 1. The van der Waals surface area contributed by atoms with Gasteiger partial charge in [-0.05, 0) is 24.3 Å². The number of halogens is 3. The minimum Gasteiger partial charge on any atom is -0.267 e. The summed E-state index contributed by atoms with van der Waals surface area (Å²) in [5, 5.41) is 4.19. The zero-order valence-corrected chi connectivity index (χ0v) is 11.6. The van der Waals surface area contributed by atoms with Crippen LogP contribution in [0.1, 0.15) is 15.9 Å². The summed E-state index contributed by atoms with van der Waals surface area (Å²) in [6.45, 7) is 0. The predicted octanol–water partition coefficient (Wildman–Crippen LogP) is 3.90. The molecular formula is C14H9Cl2FN2O. The van der Waals surface area contributed by atoms with Crippen LogP contribution in [0.2, 0.25) is 10.0 Å². The molecule has 0 bridgehead atoms. The van der Waals surface area contributed by atoms with Crippen molar-refractivity contribution in [1.29, 1.82) is 0 Å². The molecule has 1 amide bonds.